The summed E-state index contributed by atoms with van der Waals surface area (Å²) >= 11 is 5.92. The normalized spacial score (nSPS) is 11.8. The molecule has 2 heterocycles. The molecule has 0 bridgehead atoms. The number of anilines is 2. The van der Waals surface area contributed by atoms with Crippen molar-refractivity contribution in [3.63, 3.8) is 0 Å². The number of aryl methyl sites for hydroxylation is 1. The number of hydrogen-bond donors (Lipinski definition) is 3. The highest BCUT2D eigenvalue weighted by Gasteiger charge is 2.23. The number of nitrogens with zero attached hydrogens (tertiary/aromatic N) is 3. The Labute approximate surface area is 171 Å². The second-order valence-corrected chi connectivity index (χ2v) is 7.37. The average molecular weight is 414 g/mol. The monoisotopic (exact) mass is 413 g/mol. The quantitative estimate of drug-likeness (QED) is 0.419. The van der Waals surface area contributed by atoms with Crippen LogP contribution >= 0.6 is 11.6 Å². The molecule has 0 fully saturated rings. The first kappa shape index (κ1) is 19.2. The van der Waals surface area contributed by atoms with E-state index in [2.05, 4.69) is 37.7 Å². The summed E-state index contributed by atoms with van der Waals surface area (Å²) in [5.74, 6) is 0.565. The third-order valence-electron chi connectivity index (χ3n) is 4.50. The lowest BCUT2D eigenvalue weighted by Gasteiger charge is -2.26. The average Bonchev–Trinajstić information content (AvgIpc) is 3.27. The van der Waals surface area contributed by atoms with Crippen molar-refractivity contribution in [2.45, 2.75) is 25.9 Å². The highest BCUT2D eigenvalue weighted by atomic mass is 35.5. The number of benzene rings is 2. The third kappa shape index (κ3) is 4.02. The molecule has 4 rings (SSSR count). The van der Waals surface area contributed by atoms with Crippen LogP contribution in [0, 0.1) is 19.7 Å². The fourth-order valence-electron chi connectivity index (χ4n) is 3.01. The molecule has 4 aromatic rings. The second-order valence-electron chi connectivity index (χ2n) is 6.96. The van der Waals surface area contributed by atoms with E-state index in [4.69, 9.17) is 16.0 Å². The van der Waals surface area contributed by atoms with Crippen LogP contribution in [0.2, 0.25) is 5.02 Å². The number of nitrogens with one attached hydrogen (secondary N) is 3. The number of hydrogen-bond acceptors (Lipinski definition) is 6. The molecule has 0 amide bonds. The zero-order valence-corrected chi connectivity index (χ0v) is 16.6. The van der Waals surface area contributed by atoms with E-state index in [1.807, 2.05) is 25.1 Å². The lowest BCUT2D eigenvalue weighted by Crippen LogP contribution is -2.29. The van der Waals surface area contributed by atoms with Gasteiger partial charge in [0.2, 0.25) is 11.8 Å². The Bertz CT molecular complexity index is 1170. The zero-order valence-electron chi connectivity index (χ0n) is 15.9. The van der Waals surface area contributed by atoms with Crippen LogP contribution in [-0.4, -0.2) is 20.2 Å². The van der Waals surface area contributed by atoms with E-state index < -0.39 is 11.4 Å². The van der Waals surface area contributed by atoms with Gasteiger partial charge in [0, 0.05) is 13.5 Å². The highest BCUT2D eigenvalue weighted by molar-refractivity contribution is 6.30. The molecule has 1 unspecified atom stereocenters. The molecular weight excluding hydrogens is 395 g/mol. The summed E-state index contributed by atoms with van der Waals surface area (Å²) in [6.07, 6.45) is 0. The topological polar surface area (TPSA) is 91.7 Å². The van der Waals surface area contributed by atoms with Crippen molar-refractivity contribution in [3.05, 3.63) is 71.2 Å². The number of rotatable bonds is 6. The van der Waals surface area contributed by atoms with Gasteiger partial charge in [-0.3, -0.25) is 0 Å². The summed E-state index contributed by atoms with van der Waals surface area (Å²) in [6.45, 7) is 8.25. The van der Waals surface area contributed by atoms with Crippen molar-refractivity contribution in [2.24, 2.45) is 0 Å². The van der Waals surface area contributed by atoms with Crippen molar-refractivity contribution >= 4 is 34.6 Å². The molecular formula is C20H19ClFN6O. The Hall–Kier alpha value is -3.13. The smallest absolute Gasteiger partial charge is 0.315 e. The van der Waals surface area contributed by atoms with E-state index in [1.54, 1.807) is 19.1 Å². The van der Waals surface area contributed by atoms with Crippen molar-refractivity contribution in [3.8, 4) is 0 Å². The second kappa shape index (κ2) is 7.36. The Morgan fingerprint density at radius 2 is 2.10 bits per heavy atom. The molecule has 0 aliphatic rings. The number of halogens is 2. The van der Waals surface area contributed by atoms with Crippen molar-refractivity contribution in [1.82, 2.24) is 20.2 Å². The summed E-state index contributed by atoms with van der Waals surface area (Å²) in [5.41, 5.74) is 2.58. The summed E-state index contributed by atoms with van der Waals surface area (Å²) in [5, 5.41) is 14.1. The zero-order chi connectivity index (χ0) is 20.6. The largest absolute Gasteiger partial charge is 0.408 e. The van der Waals surface area contributed by atoms with E-state index >= 15 is 0 Å². The lowest BCUT2D eigenvalue weighted by molar-refractivity contribution is 0.531. The van der Waals surface area contributed by atoms with Crippen LogP contribution in [0.15, 0.2) is 40.8 Å². The maximum Gasteiger partial charge on any atom is 0.315 e. The minimum atomic E-state index is -0.773. The van der Waals surface area contributed by atoms with Crippen LogP contribution in [0.4, 0.5) is 16.4 Å². The van der Waals surface area contributed by atoms with Crippen LogP contribution in [0.3, 0.4) is 0 Å². The van der Waals surface area contributed by atoms with Gasteiger partial charge in [0.1, 0.15) is 5.82 Å². The van der Waals surface area contributed by atoms with Crippen molar-refractivity contribution < 1.29 is 8.81 Å². The molecule has 3 N–H and O–H groups in total. The van der Waals surface area contributed by atoms with E-state index in [1.165, 1.54) is 6.07 Å². The van der Waals surface area contributed by atoms with Crippen LogP contribution in [0.5, 0.6) is 0 Å². The van der Waals surface area contributed by atoms with Gasteiger partial charge in [-0.25, -0.2) is 9.37 Å². The first-order valence-corrected chi connectivity index (χ1v) is 9.30. The molecule has 0 aliphatic carbocycles. The standard InChI is InChI=1S/C20H19ClFN6O/c1-11-27-28-19(29-11)23-10-12-5-4-6-16-17(12)25-18(24-16)26-20(2,3)13-7-8-15(22)14(21)9-13/h4-9H,2,10H2,1,3H3,(H,23,28)(H2,24,25,26). The van der Waals surface area contributed by atoms with Crippen molar-refractivity contribution in [2.75, 3.05) is 10.6 Å². The molecule has 9 heteroatoms. The Morgan fingerprint density at radius 3 is 2.83 bits per heavy atom. The van der Waals surface area contributed by atoms with Gasteiger partial charge in [-0.1, -0.05) is 34.9 Å². The molecule has 29 heavy (non-hydrogen) atoms. The number of H-pyrrole nitrogens is 1. The maximum absolute atomic E-state index is 13.5. The molecule has 7 nitrogen and oxygen atoms in total. The number of aromatic nitrogens is 4. The lowest BCUT2D eigenvalue weighted by atomic mass is 9.94. The molecule has 2 aromatic carbocycles. The van der Waals surface area contributed by atoms with E-state index in [0.29, 0.717) is 24.4 Å². The van der Waals surface area contributed by atoms with Crippen LogP contribution in [0.1, 0.15) is 23.9 Å². The van der Waals surface area contributed by atoms with Crippen molar-refractivity contribution in [1.29, 1.82) is 0 Å². The summed E-state index contributed by atoms with van der Waals surface area (Å²) < 4.78 is 18.8. The molecule has 0 aliphatic heterocycles. The molecule has 1 radical (unpaired) electrons. The number of para-hydroxylation sites is 1. The Kier molecular flexibility index (Phi) is 4.87. The van der Waals surface area contributed by atoms with Gasteiger partial charge in [-0.2, -0.15) is 0 Å². The maximum atomic E-state index is 13.5. The van der Waals surface area contributed by atoms with Gasteiger partial charge < -0.3 is 20.0 Å². The van der Waals surface area contributed by atoms with Crippen LogP contribution < -0.4 is 10.6 Å². The predicted molar refractivity (Wildman–Crippen MR) is 110 cm³/mol. The Morgan fingerprint density at radius 1 is 1.28 bits per heavy atom. The third-order valence-corrected chi connectivity index (χ3v) is 4.79. The molecule has 1 atom stereocenters. The van der Waals surface area contributed by atoms with E-state index in [9.17, 15) is 4.39 Å². The highest BCUT2D eigenvalue weighted by Crippen LogP contribution is 2.29. The van der Waals surface area contributed by atoms with Gasteiger partial charge >= 0.3 is 6.01 Å². The fourth-order valence-corrected chi connectivity index (χ4v) is 3.19. The van der Waals surface area contributed by atoms with Crippen LogP contribution in [0.25, 0.3) is 11.0 Å². The summed E-state index contributed by atoms with van der Waals surface area (Å²) in [6, 6.07) is 10.7. The fraction of sp³-hybridized carbons (Fsp3) is 0.200. The number of fused-ring (bicyclic) bond motifs is 1. The molecule has 0 saturated carbocycles. The minimum absolute atomic E-state index is 0.0494. The van der Waals surface area contributed by atoms with Gasteiger partial charge in [0.05, 0.1) is 21.6 Å². The first-order valence-electron chi connectivity index (χ1n) is 8.92. The molecule has 2 aromatic heterocycles. The van der Waals surface area contributed by atoms with Gasteiger partial charge in [0.25, 0.3) is 0 Å². The summed E-state index contributed by atoms with van der Waals surface area (Å²) in [4.78, 5) is 7.90. The molecule has 149 valence electrons. The SMILES string of the molecule is [CH2]C(C)(Nc1nc2c(CNc3nnc(C)o3)cccc2[nH]1)c1ccc(F)c(Cl)c1. The minimum Gasteiger partial charge on any atom is -0.408 e. The predicted octanol–water partition coefficient (Wildman–Crippen LogP) is 4.82. The van der Waals surface area contributed by atoms with Gasteiger partial charge in [-0.05, 0) is 43.2 Å². The van der Waals surface area contributed by atoms with E-state index in [0.717, 1.165) is 22.2 Å². The molecule has 0 saturated heterocycles. The first-order chi connectivity index (χ1) is 13.8. The number of aromatic amines is 1. The van der Waals surface area contributed by atoms with Gasteiger partial charge in [0.15, 0.2) is 0 Å². The summed E-state index contributed by atoms with van der Waals surface area (Å²) in [7, 11) is 0. The van der Waals surface area contributed by atoms with Crippen LogP contribution in [-0.2, 0) is 12.1 Å². The van der Waals surface area contributed by atoms with E-state index in [-0.39, 0.29) is 5.02 Å². The Balaban J connectivity index is 1.57. The number of imidazole rings is 1. The molecule has 0 spiro atoms. The van der Waals surface area contributed by atoms with Gasteiger partial charge in [-0.15, -0.1) is 5.10 Å².